The number of carbonyl (C=O) groups excluding carboxylic acids is 1. The largest absolute Gasteiger partial charge is 0.406 e. The Morgan fingerprint density at radius 3 is 2.55 bits per heavy atom. The normalized spacial score (nSPS) is 16.6. The molecule has 1 aliphatic heterocycles. The van der Waals surface area contributed by atoms with E-state index in [9.17, 15) is 14.9 Å². The summed E-state index contributed by atoms with van der Waals surface area (Å²) < 4.78 is 5.74. The highest BCUT2D eigenvalue weighted by Crippen LogP contribution is 2.37. The number of hydrogen-bond acceptors (Lipinski definition) is 10. The van der Waals surface area contributed by atoms with Crippen LogP contribution in [0, 0.1) is 10.1 Å². The number of nitrogens with one attached hydrogen (secondary N) is 2. The van der Waals surface area contributed by atoms with Crippen LogP contribution in [0.2, 0.25) is 0 Å². The van der Waals surface area contributed by atoms with Gasteiger partial charge in [0, 0.05) is 18.5 Å². The lowest BCUT2D eigenvalue weighted by Crippen LogP contribution is -2.49. The number of benzene rings is 2. The summed E-state index contributed by atoms with van der Waals surface area (Å²) in [6, 6.07) is 16.0. The fourth-order valence-corrected chi connectivity index (χ4v) is 4.96. The summed E-state index contributed by atoms with van der Waals surface area (Å²) in [6.07, 6.45) is 3.58. The molecule has 0 radical (unpaired) electrons. The van der Waals surface area contributed by atoms with Crippen LogP contribution in [0.25, 0.3) is 22.5 Å². The highest BCUT2D eigenvalue weighted by atomic mass is 35.5. The van der Waals surface area contributed by atoms with Gasteiger partial charge in [-0.2, -0.15) is 5.21 Å². The minimum atomic E-state index is -0.846. The Labute approximate surface area is 236 Å². The summed E-state index contributed by atoms with van der Waals surface area (Å²) in [5.41, 5.74) is 3.30. The van der Waals surface area contributed by atoms with Crippen molar-refractivity contribution in [2.45, 2.75) is 64.6 Å². The molecule has 0 saturated carbocycles. The minimum absolute atomic E-state index is 0.0674. The average molecular weight is 570 g/mol. The molecule has 0 saturated heterocycles. The first-order valence-corrected chi connectivity index (χ1v) is 13.5. The van der Waals surface area contributed by atoms with Crippen molar-refractivity contribution in [2.24, 2.45) is 0 Å². The van der Waals surface area contributed by atoms with Gasteiger partial charge in [0.1, 0.15) is 5.66 Å². The number of halogens is 1. The van der Waals surface area contributed by atoms with E-state index in [-0.39, 0.29) is 24.1 Å². The van der Waals surface area contributed by atoms with Crippen LogP contribution in [0.3, 0.4) is 0 Å². The molecule has 2 N–H and O–H groups in total. The zero-order chi connectivity index (χ0) is 28.5. The zero-order valence-corrected chi connectivity index (χ0v) is 23.2. The number of ether oxygens (including phenoxy) is 1. The Bertz CT molecular complexity index is 1330. The van der Waals surface area contributed by atoms with Crippen LogP contribution in [-0.4, -0.2) is 48.8 Å². The van der Waals surface area contributed by atoms with Crippen molar-refractivity contribution in [3.8, 4) is 22.5 Å². The van der Waals surface area contributed by atoms with E-state index in [1.807, 2.05) is 60.4 Å². The van der Waals surface area contributed by atoms with Crippen LogP contribution in [0.1, 0.15) is 57.9 Å². The number of carbonyl (C=O) groups is 1. The third kappa shape index (κ3) is 7.06. The van der Waals surface area contributed by atoms with E-state index >= 15 is 0 Å². The number of aromatic nitrogens is 4. The Kier molecular flexibility index (Phi) is 9.54. The van der Waals surface area contributed by atoms with E-state index in [2.05, 4.69) is 37.7 Å². The first-order chi connectivity index (χ1) is 19.3. The van der Waals surface area contributed by atoms with Crippen molar-refractivity contribution < 1.29 is 19.5 Å². The second kappa shape index (κ2) is 13.2. The maximum atomic E-state index is 12.6. The van der Waals surface area contributed by atoms with Gasteiger partial charge in [-0.15, -0.1) is 20.3 Å². The predicted octanol–water partition coefficient (Wildman–Crippen LogP) is 5.13. The van der Waals surface area contributed by atoms with Crippen LogP contribution in [-0.2, 0) is 20.9 Å². The van der Waals surface area contributed by atoms with Gasteiger partial charge in [-0.05, 0) is 54.5 Å². The van der Waals surface area contributed by atoms with Crippen molar-refractivity contribution in [3.63, 3.8) is 0 Å². The summed E-state index contributed by atoms with van der Waals surface area (Å²) in [6.45, 7) is 4.54. The summed E-state index contributed by atoms with van der Waals surface area (Å²) in [7, 11) is 0. The Morgan fingerprint density at radius 2 is 1.88 bits per heavy atom. The summed E-state index contributed by atoms with van der Waals surface area (Å²) >= 11 is 6.57. The molecule has 1 atom stereocenters. The molecule has 13 heteroatoms. The second-order valence-corrected chi connectivity index (χ2v) is 10.1. The molecular formula is C27H32ClN7O5. The van der Waals surface area contributed by atoms with Gasteiger partial charge in [-0.1, -0.05) is 73.5 Å². The number of tetrazole rings is 1. The fraction of sp³-hybridized carbons (Fsp3) is 0.407. The maximum absolute atomic E-state index is 12.6. The van der Waals surface area contributed by atoms with Crippen molar-refractivity contribution in [1.82, 2.24) is 30.8 Å². The van der Waals surface area contributed by atoms with Gasteiger partial charge in [0.05, 0.1) is 6.61 Å². The number of esters is 1. The molecule has 0 aliphatic carbocycles. The van der Waals surface area contributed by atoms with Crippen molar-refractivity contribution >= 4 is 17.6 Å². The highest BCUT2D eigenvalue weighted by Gasteiger charge is 2.42. The maximum Gasteiger partial charge on any atom is 0.312 e. The molecule has 0 spiro atoms. The van der Waals surface area contributed by atoms with Crippen LogP contribution in [0.5, 0.6) is 0 Å². The van der Waals surface area contributed by atoms with E-state index in [0.717, 1.165) is 41.5 Å². The van der Waals surface area contributed by atoms with Crippen LogP contribution in [0.15, 0.2) is 59.6 Å². The number of rotatable bonds is 14. The van der Waals surface area contributed by atoms with Gasteiger partial charge in [0.15, 0.2) is 5.16 Å². The molecular weight excluding hydrogens is 538 g/mol. The molecule has 3 aromatic rings. The lowest BCUT2D eigenvalue weighted by molar-refractivity contribution is -0.757. The first kappa shape index (κ1) is 28.8. The molecule has 2 heterocycles. The SMILES string of the molecule is CCCCC1(C)NC(Cl)=C(OC(=O)CCCCO[N+](=O)[O-])N1Cc1ccc(-c2ccccc2-c2nn[nH]n2)cc1. The highest BCUT2D eigenvalue weighted by molar-refractivity contribution is 6.29. The van der Waals surface area contributed by atoms with Gasteiger partial charge in [-0.25, -0.2) is 0 Å². The van der Waals surface area contributed by atoms with Gasteiger partial charge in [-0.3, -0.25) is 4.79 Å². The molecule has 0 amide bonds. The third-order valence-corrected chi connectivity index (χ3v) is 6.98. The average Bonchev–Trinajstić information content (AvgIpc) is 3.55. The number of unbranched alkanes of at least 4 members (excludes halogenated alkanes) is 2. The fourth-order valence-electron chi connectivity index (χ4n) is 4.61. The summed E-state index contributed by atoms with van der Waals surface area (Å²) in [5, 5.41) is 27.4. The van der Waals surface area contributed by atoms with E-state index < -0.39 is 16.7 Å². The van der Waals surface area contributed by atoms with E-state index in [0.29, 0.717) is 25.2 Å². The van der Waals surface area contributed by atoms with E-state index in [1.165, 1.54) is 0 Å². The molecule has 40 heavy (non-hydrogen) atoms. The topological polar surface area (TPSA) is 148 Å². The quantitative estimate of drug-likeness (QED) is 0.0879. The van der Waals surface area contributed by atoms with Crippen molar-refractivity contribution in [1.29, 1.82) is 0 Å². The lowest BCUT2D eigenvalue weighted by atomic mass is 9.98. The molecule has 4 rings (SSSR count). The zero-order valence-electron chi connectivity index (χ0n) is 22.4. The molecule has 212 valence electrons. The molecule has 2 aromatic carbocycles. The van der Waals surface area contributed by atoms with Gasteiger partial charge in [0.25, 0.3) is 5.09 Å². The van der Waals surface area contributed by atoms with Crippen molar-refractivity contribution in [2.75, 3.05) is 6.61 Å². The van der Waals surface area contributed by atoms with Gasteiger partial charge in [0.2, 0.25) is 11.7 Å². The number of nitrogens with zero attached hydrogens (tertiary/aromatic N) is 5. The number of hydrogen-bond donors (Lipinski definition) is 2. The van der Waals surface area contributed by atoms with E-state index in [4.69, 9.17) is 16.3 Å². The smallest absolute Gasteiger partial charge is 0.312 e. The van der Waals surface area contributed by atoms with Crippen LogP contribution in [0.4, 0.5) is 0 Å². The van der Waals surface area contributed by atoms with Crippen molar-refractivity contribution in [3.05, 3.63) is 75.2 Å². The summed E-state index contributed by atoms with van der Waals surface area (Å²) in [4.78, 5) is 29.2. The molecule has 0 fully saturated rings. The first-order valence-electron chi connectivity index (χ1n) is 13.2. The Hall–Kier alpha value is -4.19. The second-order valence-electron chi connectivity index (χ2n) is 9.67. The minimum Gasteiger partial charge on any atom is -0.406 e. The molecule has 12 nitrogen and oxygen atoms in total. The predicted molar refractivity (Wildman–Crippen MR) is 147 cm³/mol. The van der Waals surface area contributed by atoms with Crippen LogP contribution < -0.4 is 5.32 Å². The lowest BCUT2D eigenvalue weighted by Gasteiger charge is -2.38. The number of aromatic amines is 1. The van der Waals surface area contributed by atoms with Gasteiger partial charge < -0.3 is 19.8 Å². The molecule has 1 unspecified atom stereocenters. The standard InChI is InChI=1S/C27H32ClN7O5/c1-3-4-16-27(2)29-24(28)26(40-23(36)11-7-8-17-39-35(37)38)34(27)18-19-12-14-20(15-13-19)21-9-5-6-10-22(21)25-30-32-33-31-25/h5-6,9-10,12-15,29H,3-4,7-8,11,16-18H2,1-2H3,(H,30,31,32,33). The number of H-pyrrole nitrogens is 1. The molecule has 0 bridgehead atoms. The molecule has 1 aromatic heterocycles. The monoisotopic (exact) mass is 569 g/mol. The molecule has 1 aliphatic rings. The third-order valence-electron chi connectivity index (χ3n) is 6.73. The van der Waals surface area contributed by atoms with E-state index in [1.54, 1.807) is 0 Å². The van der Waals surface area contributed by atoms with Gasteiger partial charge >= 0.3 is 5.97 Å². The summed E-state index contributed by atoms with van der Waals surface area (Å²) in [5.74, 6) is 0.332. The Balaban J connectivity index is 1.49. The van der Waals surface area contributed by atoms with Crippen LogP contribution >= 0.6 is 11.6 Å². The Morgan fingerprint density at radius 1 is 1.12 bits per heavy atom.